The molecule has 1 aliphatic carbocycles. The van der Waals surface area contributed by atoms with Crippen LogP contribution in [0.3, 0.4) is 0 Å². The fraction of sp³-hybridized carbons (Fsp3) is 0.857. The Morgan fingerprint density at radius 3 is 1.94 bits per heavy atom. The van der Waals surface area contributed by atoms with Gasteiger partial charge in [0.2, 0.25) is 0 Å². The van der Waals surface area contributed by atoms with E-state index in [1.165, 1.54) is 0 Å². The summed E-state index contributed by atoms with van der Waals surface area (Å²) in [6.45, 7) is 16.2. The summed E-state index contributed by atoms with van der Waals surface area (Å²) in [5.74, 6) is 2.44. The zero-order valence-electron chi connectivity index (χ0n) is 12.7. The number of aromatic nitrogens is 3. The molecular weight excluding hydrogens is 224 g/mol. The molecule has 0 amide bonds. The molecule has 0 aliphatic heterocycles. The van der Waals surface area contributed by atoms with Crippen LogP contribution in [0.4, 0.5) is 0 Å². The van der Waals surface area contributed by atoms with Gasteiger partial charge in [0.25, 0.3) is 0 Å². The van der Waals surface area contributed by atoms with Gasteiger partial charge in [-0.1, -0.05) is 27.7 Å². The lowest BCUT2D eigenvalue weighted by molar-refractivity contribution is 0.364. The first-order valence-electron chi connectivity index (χ1n) is 6.70. The summed E-state index contributed by atoms with van der Waals surface area (Å²) >= 11 is 0. The van der Waals surface area contributed by atoms with Gasteiger partial charge >= 0.3 is 0 Å². The molecule has 18 heavy (non-hydrogen) atoms. The van der Waals surface area contributed by atoms with Crippen LogP contribution in [0.15, 0.2) is 0 Å². The van der Waals surface area contributed by atoms with Crippen LogP contribution in [0.25, 0.3) is 0 Å². The first-order chi connectivity index (χ1) is 8.05. The lowest BCUT2D eigenvalue weighted by Crippen LogP contribution is -2.27. The Kier molecular flexibility index (Phi) is 2.68. The highest BCUT2D eigenvalue weighted by molar-refractivity contribution is 5.28. The van der Waals surface area contributed by atoms with Crippen LogP contribution in [0.2, 0.25) is 0 Å². The topological polar surface area (TPSA) is 56.7 Å². The molecule has 1 heterocycles. The van der Waals surface area contributed by atoms with Crippen molar-refractivity contribution in [3.05, 3.63) is 11.6 Å². The zero-order chi connectivity index (χ0) is 13.9. The molecule has 102 valence electrons. The molecule has 1 aromatic rings. The van der Waals surface area contributed by atoms with Crippen LogP contribution < -0.4 is 5.73 Å². The molecule has 0 unspecified atom stereocenters. The third kappa shape index (κ3) is 1.62. The molecule has 0 aromatic carbocycles. The quantitative estimate of drug-likeness (QED) is 0.878. The SMILES string of the molecule is CC(C)(C)n1c(CN)nnc1C1C(C)(C)C1(C)C. The van der Waals surface area contributed by atoms with Gasteiger partial charge in [-0.3, -0.25) is 0 Å². The van der Waals surface area contributed by atoms with Crippen LogP contribution in [0.5, 0.6) is 0 Å². The molecule has 0 spiro atoms. The van der Waals surface area contributed by atoms with E-state index in [1.807, 2.05) is 0 Å². The maximum Gasteiger partial charge on any atom is 0.147 e. The third-order valence-electron chi connectivity index (χ3n) is 4.89. The molecule has 2 rings (SSSR count). The van der Waals surface area contributed by atoms with Crippen molar-refractivity contribution in [1.29, 1.82) is 0 Å². The highest BCUT2D eigenvalue weighted by atomic mass is 15.3. The summed E-state index contributed by atoms with van der Waals surface area (Å²) in [5.41, 5.74) is 6.31. The second kappa shape index (κ2) is 3.56. The maximum absolute atomic E-state index is 5.79. The maximum atomic E-state index is 5.79. The Labute approximate surface area is 110 Å². The first-order valence-corrected chi connectivity index (χ1v) is 6.70. The van der Waals surface area contributed by atoms with Gasteiger partial charge in [-0.05, 0) is 31.6 Å². The van der Waals surface area contributed by atoms with Gasteiger partial charge in [0, 0.05) is 11.5 Å². The Bertz CT molecular complexity index is 449. The van der Waals surface area contributed by atoms with Crippen molar-refractivity contribution in [1.82, 2.24) is 14.8 Å². The van der Waals surface area contributed by atoms with Gasteiger partial charge in [-0.2, -0.15) is 0 Å². The van der Waals surface area contributed by atoms with E-state index >= 15 is 0 Å². The lowest BCUT2D eigenvalue weighted by atomic mass is 10.0. The van der Waals surface area contributed by atoms with E-state index in [-0.39, 0.29) is 16.4 Å². The first kappa shape index (κ1) is 13.5. The van der Waals surface area contributed by atoms with E-state index in [2.05, 4.69) is 63.2 Å². The van der Waals surface area contributed by atoms with Gasteiger partial charge in [-0.15, -0.1) is 10.2 Å². The van der Waals surface area contributed by atoms with Crippen molar-refractivity contribution in [2.24, 2.45) is 16.6 Å². The van der Waals surface area contributed by atoms with Gasteiger partial charge in [0.15, 0.2) is 0 Å². The molecule has 1 saturated carbocycles. The lowest BCUT2D eigenvalue weighted by Gasteiger charge is -2.25. The predicted octanol–water partition coefficient (Wildman–Crippen LogP) is 2.64. The molecule has 0 atom stereocenters. The molecule has 1 aliphatic rings. The second-order valence-corrected chi connectivity index (χ2v) is 7.56. The summed E-state index contributed by atoms with van der Waals surface area (Å²) in [7, 11) is 0. The average molecular weight is 250 g/mol. The van der Waals surface area contributed by atoms with Crippen LogP contribution in [0.1, 0.15) is 66.0 Å². The number of nitrogens with two attached hydrogens (primary N) is 1. The van der Waals surface area contributed by atoms with Gasteiger partial charge in [0.05, 0.1) is 6.54 Å². The largest absolute Gasteiger partial charge is 0.324 e. The van der Waals surface area contributed by atoms with Crippen LogP contribution in [-0.2, 0) is 12.1 Å². The Morgan fingerprint density at radius 2 is 1.61 bits per heavy atom. The Morgan fingerprint density at radius 1 is 1.11 bits per heavy atom. The highest BCUT2D eigenvalue weighted by Gasteiger charge is 2.67. The Balaban J connectivity index is 2.52. The van der Waals surface area contributed by atoms with Crippen LogP contribution in [-0.4, -0.2) is 14.8 Å². The highest BCUT2D eigenvalue weighted by Crippen LogP contribution is 2.73. The van der Waals surface area contributed by atoms with E-state index < -0.39 is 0 Å². The number of hydrogen-bond donors (Lipinski definition) is 1. The van der Waals surface area contributed by atoms with E-state index in [0.29, 0.717) is 12.5 Å². The van der Waals surface area contributed by atoms with E-state index in [0.717, 1.165) is 11.6 Å². The summed E-state index contributed by atoms with van der Waals surface area (Å²) < 4.78 is 2.23. The minimum atomic E-state index is -0.0255. The van der Waals surface area contributed by atoms with Crippen molar-refractivity contribution in [3.8, 4) is 0 Å². The smallest absolute Gasteiger partial charge is 0.147 e. The number of nitrogens with zero attached hydrogens (tertiary/aromatic N) is 3. The standard InChI is InChI=1S/C14H26N4/c1-12(2,3)18-9(8-15)16-17-11(18)10-13(4,5)14(10,6)7/h10H,8,15H2,1-7H3. The minimum Gasteiger partial charge on any atom is -0.324 e. The van der Waals surface area contributed by atoms with Crippen LogP contribution in [0, 0.1) is 10.8 Å². The third-order valence-corrected chi connectivity index (χ3v) is 4.89. The fourth-order valence-corrected chi connectivity index (χ4v) is 3.22. The molecule has 4 nitrogen and oxygen atoms in total. The van der Waals surface area contributed by atoms with E-state index in [4.69, 9.17) is 5.73 Å². The summed E-state index contributed by atoms with van der Waals surface area (Å²) in [5, 5.41) is 8.72. The second-order valence-electron chi connectivity index (χ2n) is 7.56. The van der Waals surface area contributed by atoms with Crippen LogP contribution >= 0.6 is 0 Å². The molecule has 4 heteroatoms. The van der Waals surface area contributed by atoms with Crippen molar-refractivity contribution >= 4 is 0 Å². The molecular formula is C14H26N4. The molecule has 0 saturated heterocycles. The number of rotatable bonds is 2. The monoisotopic (exact) mass is 250 g/mol. The van der Waals surface area contributed by atoms with Gasteiger partial charge in [-0.25, -0.2) is 0 Å². The van der Waals surface area contributed by atoms with E-state index in [1.54, 1.807) is 0 Å². The zero-order valence-corrected chi connectivity index (χ0v) is 12.7. The number of hydrogen-bond acceptors (Lipinski definition) is 3. The summed E-state index contributed by atoms with van der Waals surface area (Å²) in [6.07, 6.45) is 0. The van der Waals surface area contributed by atoms with Crippen molar-refractivity contribution < 1.29 is 0 Å². The Hall–Kier alpha value is -0.900. The molecule has 2 N–H and O–H groups in total. The minimum absolute atomic E-state index is 0.0255. The van der Waals surface area contributed by atoms with E-state index in [9.17, 15) is 0 Å². The van der Waals surface area contributed by atoms with Gasteiger partial charge in [0.1, 0.15) is 11.6 Å². The normalized spacial score (nSPS) is 22.2. The van der Waals surface area contributed by atoms with Gasteiger partial charge < -0.3 is 10.3 Å². The molecule has 0 bridgehead atoms. The van der Waals surface area contributed by atoms with Crippen molar-refractivity contribution in [2.75, 3.05) is 0 Å². The van der Waals surface area contributed by atoms with Crippen molar-refractivity contribution in [2.45, 2.75) is 66.5 Å². The predicted molar refractivity (Wildman–Crippen MR) is 73.2 cm³/mol. The average Bonchev–Trinajstić information content (AvgIpc) is 2.57. The van der Waals surface area contributed by atoms with Crippen molar-refractivity contribution in [3.63, 3.8) is 0 Å². The fourth-order valence-electron chi connectivity index (χ4n) is 3.22. The molecule has 1 aromatic heterocycles. The summed E-state index contributed by atoms with van der Waals surface area (Å²) in [4.78, 5) is 0. The molecule has 0 radical (unpaired) electrons. The summed E-state index contributed by atoms with van der Waals surface area (Å²) in [6, 6.07) is 0. The molecule has 1 fully saturated rings.